The minimum Gasteiger partial charge on any atom is -0.473 e. The molecule has 0 aliphatic heterocycles. The minimum absolute atomic E-state index is 0.526. The van der Waals surface area contributed by atoms with Gasteiger partial charge in [-0.2, -0.15) is 5.10 Å². The molecule has 0 aliphatic carbocycles. The normalized spacial score (nSPS) is 9.86. The zero-order valence-corrected chi connectivity index (χ0v) is 11.7. The summed E-state index contributed by atoms with van der Waals surface area (Å²) < 4.78 is 0. The molecule has 0 saturated heterocycles. The van der Waals surface area contributed by atoms with E-state index in [9.17, 15) is 0 Å². The van der Waals surface area contributed by atoms with Crippen LogP contribution in [0.25, 0.3) is 11.3 Å². The Kier molecular flexibility index (Phi) is 5.48. The molecular weight excluding hydrogens is 274 g/mol. The van der Waals surface area contributed by atoms with Gasteiger partial charge >= 0.3 is 11.9 Å². The van der Waals surface area contributed by atoms with Gasteiger partial charge in [0.15, 0.2) is 0 Å². The number of nitrogen functional groups attached to an aromatic ring is 1. The van der Waals surface area contributed by atoms with Crippen LogP contribution >= 0.6 is 0 Å². The Labute approximate surface area is 121 Å². The van der Waals surface area contributed by atoms with Crippen molar-refractivity contribution in [3.8, 4) is 11.3 Å². The van der Waals surface area contributed by atoms with Crippen molar-refractivity contribution in [2.24, 2.45) is 0 Å². The van der Waals surface area contributed by atoms with E-state index in [1.165, 1.54) is 5.56 Å². The van der Waals surface area contributed by atoms with Crippen LogP contribution in [-0.2, 0) is 9.59 Å². The summed E-state index contributed by atoms with van der Waals surface area (Å²) in [5.74, 6) is -2.56. The Bertz CT molecular complexity index is 605. The number of rotatable bonds is 2. The van der Waals surface area contributed by atoms with Crippen LogP contribution in [0.2, 0.25) is 0 Å². The first-order valence-electron chi connectivity index (χ1n) is 6.18. The molecule has 7 nitrogen and oxygen atoms in total. The van der Waals surface area contributed by atoms with E-state index in [2.05, 4.69) is 48.3 Å². The molecule has 1 heterocycles. The highest BCUT2D eigenvalue weighted by atomic mass is 16.4. The van der Waals surface area contributed by atoms with Crippen molar-refractivity contribution in [1.29, 1.82) is 0 Å². The molecule has 112 valence electrons. The van der Waals surface area contributed by atoms with Crippen molar-refractivity contribution in [1.82, 2.24) is 10.2 Å². The molecule has 7 heteroatoms. The summed E-state index contributed by atoms with van der Waals surface area (Å²) in [6.07, 6.45) is 0. The van der Waals surface area contributed by atoms with Gasteiger partial charge in [-0.1, -0.05) is 38.1 Å². The van der Waals surface area contributed by atoms with Gasteiger partial charge in [-0.05, 0) is 17.0 Å². The lowest BCUT2D eigenvalue weighted by Crippen LogP contribution is -2.09. The highest BCUT2D eigenvalue weighted by Gasteiger charge is 2.04. The Balaban J connectivity index is 0.000000315. The lowest BCUT2D eigenvalue weighted by Gasteiger charge is -2.05. The zero-order chi connectivity index (χ0) is 16.0. The number of anilines is 1. The SMILES string of the molecule is CC(C)c1ccc(-c2cc(N)n[nH]2)cc1.O=C(O)C(=O)O. The van der Waals surface area contributed by atoms with Crippen molar-refractivity contribution in [2.45, 2.75) is 19.8 Å². The number of carboxylic acid groups (broad SMARTS) is 2. The minimum atomic E-state index is -1.82. The number of carboxylic acids is 2. The van der Waals surface area contributed by atoms with E-state index in [1.807, 2.05) is 6.07 Å². The molecular formula is C14H17N3O4. The average Bonchev–Trinajstić information content (AvgIpc) is 2.86. The number of aromatic nitrogens is 2. The first-order valence-corrected chi connectivity index (χ1v) is 6.18. The highest BCUT2D eigenvalue weighted by molar-refractivity contribution is 6.27. The molecule has 2 aromatic rings. The second-order valence-corrected chi connectivity index (χ2v) is 4.59. The van der Waals surface area contributed by atoms with Gasteiger partial charge in [0.2, 0.25) is 0 Å². The topological polar surface area (TPSA) is 129 Å². The fourth-order valence-corrected chi connectivity index (χ4v) is 1.53. The molecule has 0 fully saturated rings. The van der Waals surface area contributed by atoms with E-state index in [0.29, 0.717) is 11.7 Å². The molecule has 0 saturated carbocycles. The second kappa shape index (κ2) is 7.09. The van der Waals surface area contributed by atoms with Crippen LogP contribution in [0.4, 0.5) is 5.82 Å². The third kappa shape index (κ3) is 4.98. The lowest BCUT2D eigenvalue weighted by atomic mass is 10.0. The molecule has 1 aromatic heterocycles. The largest absolute Gasteiger partial charge is 0.473 e. The molecule has 0 spiro atoms. The summed E-state index contributed by atoms with van der Waals surface area (Å²) in [6.45, 7) is 4.37. The Morgan fingerprint density at radius 3 is 2.00 bits per heavy atom. The monoisotopic (exact) mass is 291 g/mol. The zero-order valence-electron chi connectivity index (χ0n) is 11.7. The van der Waals surface area contributed by atoms with E-state index in [1.54, 1.807) is 0 Å². The fraction of sp³-hybridized carbons (Fsp3) is 0.214. The predicted octanol–water partition coefficient (Wildman–Crippen LogP) is 1.94. The molecule has 2 rings (SSSR count). The quantitative estimate of drug-likeness (QED) is 0.626. The molecule has 21 heavy (non-hydrogen) atoms. The maximum absolute atomic E-state index is 9.10. The van der Waals surface area contributed by atoms with Gasteiger partial charge in [0.25, 0.3) is 0 Å². The van der Waals surface area contributed by atoms with E-state index in [-0.39, 0.29) is 0 Å². The summed E-state index contributed by atoms with van der Waals surface area (Å²) in [5.41, 5.74) is 8.97. The van der Waals surface area contributed by atoms with Crippen molar-refractivity contribution < 1.29 is 19.8 Å². The lowest BCUT2D eigenvalue weighted by molar-refractivity contribution is -0.159. The van der Waals surface area contributed by atoms with Crippen molar-refractivity contribution in [3.05, 3.63) is 35.9 Å². The van der Waals surface area contributed by atoms with E-state index in [4.69, 9.17) is 25.5 Å². The average molecular weight is 291 g/mol. The van der Waals surface area contributed by atoms with E-state index >= 15 is 0 Å². The Hall–Kier alpha value is -2.83. The third-order valence-corrected chi connectivity index (χ3v) is 2.67. The second-order valence-electron chi connectivity index (χ2n) is 4.59. The fourth-order valence-electron chi connectivity index (χ4n) is 1.53. The molecule has 0 aliphatic rings. The van der Waals surface area contributed by atoms with Gasteiger partial charge in [0, 0.05) is 6.07 Å². The molecule has 1 aromatic carbocycles. The number of nitrogens with two attached hydrogens (primary N) is 1. The molecule has 0 radical (unpaired) electrons. The van der Waals surface area contributed by atoms with Gasteiger partial charge in [-0.3, -0.25) is 5.10 Å². The molecule has 0 unspecified atom stereocenters. The van der Waals surface area contributed by atoms with Gasteiger partial charge < -0.3 is 15.9 Å². The number of hydrogen-bond acceptors (Lipinski definition) is 4. The van der Waals surface area contributed by atoms with Crippen molar-refractivity contribution in [2.75, 3.05) is 5.73 Å². The Morgan fingerprint density at radius 1 is 1.14 bits per heavy atom. The number of H-pyrrole nitrogens is 1. The number of hydrogen-bond donors (Lipinski definition) is 4. The number of benzene rings is 1. The van der Waals surface area contributed by atoms with Gasteiger partial charge in [-0.25, -0.2) is 9.59 Å². The summed E-state index contributed by atoms with van der Waals surface area (Å²) in [6, 6.07) is 10.3. The predicted molar refractivity (Wildman–Crippen MR) is 77.8 cm³/mol. The number of carbonyl (C=O) groups is 2. The summed E-state index contributed by atoms with van der Waals surface area (Å²) >= 11 is 0. The molecule has 0 bridgehead atoms. The smallest absolute Gasteiger partial charge is 0.414 e. The van der Waals surface area contributed by atoms with Crippen LogP contribution in [0.1, 0.15) is 25.3 Å². The Morgan fingerprint density at radius 2 is 1.67 bits per heavy atom. The first kappa shape index (κ1) is 16.2. The van der Waals surface area contributed by atoms with E-state index < -0.39 is 11.9 Å². The molecule has 0 atom stereocenters. The van der Waals surface area contributed by atoms with Gasteiger partial charge in [0.1, 0.15) is 5.82 Å². The number of aromatic amines is 1. The van der Waals surface area contributed by atoms with Crippen LogP contribution in [0.3, 0.4) is 0 Å². The van der Waals surface area contributed by atoms with Crippen LogP contribution in [0.15, 0.2) is 30.3 Å². The number of aliphatic carboxylic acids is 2. The van der Waals surface area contributed by atoms with Crippen molar-refractivity contribution in [3.63, 3.8) is 0 Å². The molecule has 0 amide bonds. The summed E-state index contributed by atoms with van der Waals surface area (Å²) in [5, 5.41) is 21.6. The maximum atomic E-state index is 9.10. The van der Waals surface area contributed by atoms with Crippen LogP contribution in [0, 0.1) is 0 Å². The maximum Gasteiger partial charge on any atom is 0.414 e. The standard InChI is InChI=1S/C12H15N3.C2H2O4/c1-8(2)9-3-5-10(6-4-9)11-7-12(13)15-14-11;3-1(4)2(5)6/h3-8H,1-2H3,(H3,13,14,15);(H,3,4)(H,5,6). The van der Waals surface area contributed by atoms with E-state index in [0.717, 1.165) is 11.3 Å². The summed E-state index contributed by atoms with van der Waals surface area (Å²) in [7, 11) is 0. The highest BCUT2D eigenvalue weighted by Crippen LogP contribution is 2.21. The third-order valence-electron chi connectivity index (χ3n) is 2.67. The molecule has 5 N–H and O–H groups in total. The number of nitrogens with zero attached hydrogens (tertiary/aromatic N) is 1. The first-order chi connectivity index (χ1) is 9.81. The van der Waals surface area contributed by atoms with Gasteiger partial charge in [0.05, 0.1) is 5.69 Å². The van der Waals surface area contributed by atoms with Gasteiger partial charge in [-0.15, -0.1) is 0 Å². The van der Waals surface area contributed by atoms with Crippen molar-refractivity contribution >= 4 is 17.8 Å². The summed E-state index contributed by atoms with van der Waals surface area (Å²) in [4.78, 5) is 18.2. The van der Waals surface area contributed by atoms with Crippen LogP contribution < -0.4 is 5.73 Å². The number of nitrogens with one attached hydrogen (secondary N) is 1. The van der Waals surface area contributed by atoms with Crippen LogP contribution in [0.5, 0.6) is 0 Å². The van der Waals surface area contributed by atoms with Crippen LogP contribution in [-0.4, -0.2) is 32.3 Å².